The van der Waals surface area contributed by atoms with Gasteiger partial charge in [0.15, 0.2) is 5.11 Å². The molecule has 1 saturated heterocycles. The summed E-state index contributed by atoms with van der Waals surface area (Å²) in [6.07, 6.45) is 4.00. The maximum Gasteiger partial charge on any atom is 0.189 e. The molecule has 1 N–H and O–H groups in total. The number of aromatic nitrogens is 1. The Morgan fingerprint density at radius 1 is 1.12 bits per heavy atom. The fraction of sp³-hybridized carbons (Fsp3) is 0.316. The third kappa shape index (κ3) is 4.17. The molecule has 1 aliphatic rings. The quantitative estimate of drug-likeness (QED) is 0.528. The molecular weight excluding hydrogens is 316 g/mol. The minimum absolute atomic E-state index is 0.629. The second kappa shape index (κ2) is 8.02. The standard InChI is InChI=1S/C19H22N4S/c1-15(18-9-5-6-12-20-18)21-22-19(24)23-13-10-17(11-14-23)16-7-3-2-4-8-16/h2-9,12,17H,10-11,13-14H2,1H3,(H,22,24)/b21-15-. The smallest absolute Gasteiger partial charge is 0.189 e. The molecule has 1 aromatic carbocycles. The molecule has 0 bridgehead atoms. The van der Waals surface area contributed by atoms with Crippen molar-refractivity contribution in [3.05, 3.63) is 66.0 Å². The van der Waals surface area contributed by atoms with Crippen molar-refractivity contribution in [3.8, 4) is 0 Å². The van der Waals surface area contributed by atoms with Crippen LogP contribution in [0.25, 0.3) is 0 Å². The van der Waals surface area contributed by atoms with Gasteiger partial charge in [0.2, 0.25) is 0 Å². The Balaban J connectivity index is 1.52. The largest absolute Gasteiger partial charge is 0.348 e. The Kier molecular flexibility index (Phi) is 5.54. The summed E-state index contributed by atoms with van der Waals surface area (Å²) < 4.78 is 0. The summed E-state index contributed by atoms with van der Waals surface area (Å²) in [4.78, 5) is 6.48. The van der Waals surface area contributed by atoms with Crippen LogP contribution in [0.4, 0.5) is 0 Å². The minimum Gasteiger partial charge on any atom is -0.348 e. The lowest BCUT2D eigenvalue weighted by atomic mass is 9.90. The number of hydrogen-bond donors (Lipinski definition) is 1. The molecule has 4 nitrogen and oxygen atoms in total. The van der Waals surface area contributed by atoms with Crippen LogP contribution >= 0.6 is 12.2 Å². The number of nitrogens with zero attached hydrogens (tertiary/aromatic N) is 3. The van der Waals surface area contributed by atoms with E-state index in [1.54, 1.807) is 6.20 Å². The first kappa shape index (κ1) is 16.6. The van der Waals surface area contributed by atoms with Crippen LogP contribution in [0.3, 0.4) is 0 Å². The molecule has 0 unspecified atom stereocenters. The van der Waals surface area contributed by atoms with Gasteiger partial charge < -0.3 is 4.90 Å². The molecule has 0 spiro atoms. The van der Waals surface area contributed by atoms with Crippen LogP contribution in [0.5, 0.6) is 0 Å². The number of piperidine rings is 1. The van der Waals surface area contributed by atoms with E-state index >= 15 is 0 Å². The van der Waals surface area contributed by atoms with Gasteiger partial charge in [0.05, 0.1) is 11.4 Å². The summed E-state index contributed by atoms with van der Waals surface area (Å²) in [5.41, 5.74) is 6.13. The van der Waals surface area contributed by atoms with E-state index in [1.807, 2.05) is 25.1 Å². The Labute approximate surface area is 148 Å². The SMILES string of the molecule is C/C(=N/NC(=S)N1CCC(c2ccccc2)CC1)c1ccccn1. The number of benzene rings is 1. The van der Waals surface area contributed by atoms with Crippen LogP contribution in [0.2, 0.25) is 0 Å². The van der Waals surface area contributed by atoms with Crippen molar-refractivity contribution in [2.45, 2.75) is 25.7 Å². The van der Waals surface area contributed by atoms with Crippen molar-refractivity contribution in [3.63, 3.8) is 0 Å². The lowest BCUT2D eigenvalue weighted by molar-refractivity contribution is 0.310. The van der Waals surface area contributed by atoms with Crippen LogP contribution in [-0.2, 0) is 0 Å². The molecule has 1 aliphatic heterocycles. The van der Waals surface area contributed by atoms with Gasteiger partial charge in [-0.1, -0.05) is 36.4 Å². The highest BCUT2D eigenvalue weighted by molar-refractivity contribution is 7.80. The van der Waals surface area contributed by atoms with Crippen molar-refractivity contribution in [1.82, 2.24) is 15.3 Å². The van der Waals surface area contributed by atoms with E-state index in [2.05, 4.69) is 50.7 Å². The minimum atomic E-state index is 0.629. The molecule has 5 heteroatoms. The van der Waals surface area contributed by atoms with Gasteiger partial charge in [-0.05, 0) is 55.6 Å². The van der Waals surface area contributed by atoms with E-state index in [9.17, 15) is 0 Å². The second-order valence-electron chi connectivity index (χ2n) is 6.00. The Hall–Kier alpha value is -2.27. The molecule has 2 aromatic rings. The average Bonchev–Trinajstić information content (AvgIpc) is 2.67. The van der Waals surface area contributed by atoms with Crippen LogP contribution in [0.15, 0.2) is 59.8 Å². The fourth-order valence-electron chi connectivity index (χ4n) is 2.98. The highest BCUT2D eigenvalue weighted by Gasteiger charge is 2.21. The van der Waals surface area contributed by atoms with Crippen molar-refractivity contribution >= 4 is 23.0 Å². The van der Waals surface area contributed by atoms with E-state index in [1.165, 1.54) is 5.56 Å². The van der Waals surface area contributed by atoms with Crippen molar-refractivity contribution in [1.29, 1.82) is 0 Å². The fourth-order valence-corrected chi connectivity index (χ4v) is 3.21. The molecule has 2 heterocycles. The molecule has 0 amide bonds. The topological polar surface area (TPSA) is 40.5 Å². The summed E-state index contributed by atoms with van der Waals surface area (Å²) in [7, 11) is 0. The highest BCUT2D eigenvalue weighted by atomic mass is 32.1. The molecular formula is C19H22N4S. The zero-order valence-corrected chi connectivity index (χ0v) is 14.7. The normalized spacial score (nSPS) is 16.0. The molecule has 1 fully saturated rings. The van der Waals surface area contributed by atoms with Gasteiger partial charge in [0.1, 0.15) is 0 Å². The van der Waals surface area contributed by atoms with Gasteiger partial charge in [0, 0.05) is 19.3 Å². The van der Waals surface area contributed by atoms with Gasteiger partial charge in [-0.15, -0.1) is 0 Å². The van der Waals surface area contributed by atoms with Gasteiger partial charge in [-0.2, -0.15) is 5.10 Å². The molecule has 0 saturated carbocycles. The molecule has 124 valence electrons. The molecule has 24 heavy (non-hydrogen) atoms. The van der Waals surface area contributed by atoms with E-state index in [-0.39, 0.29) is 0 Å². The van der Waals surface area contributed by atoms with Crippen LogP contribution < -0.4 is 5.43 Å². The van der Waals surface area contributed by atoms with Gasteiger partial charge >= 0.3 is 0 Å². The lowest BCUT2D eigenvalue weighted by Gasteiger charge is -2.33. The predicted molar refractivity (Wildman–Crippen MR) is 102 cm³/mol. The van der Waals surface area contributed by atoms with Gasteiger partial charge in [0.25, 0.3) is 0 Å². The third-order valence-electron chi connectivity index (χ3n) is 4.41. The summed E-state index contributed by atoms with van der Waals surface area (Å²) in [5, 5.41) is 5.06. The maximum absolute atomic E-state index is 5.48. The first-order valence-electron chi connectivity index (χ1n) is 8.29. The molecule has 1 aromatic heterocycles. The Morgan fingerprint density at radius 2 is 1.83 bits per heavy atom. The van der Waals surface area contributed by atoms with Crippen LogP contribution in [0.1, 0.15) is 36.9 Å². The van der Waals surface area contributed by atoms with Crippen molar-refractivity contribution < 1.29 is 0 Å². The number of pyridine rings is 1. The predicted octanol–water partition coefficient (Wildman–Crippen LogP) is 3.56. The summed E-state index contributed by atoms with van der Waals surface area (Å²) in [6.45, 7) is 3.85. The van der Waals surface area contributed by atoms with Crippen molar-refractivity contribution in [2.24, 2.45) is 5.10 Å². The number of likely N-dealkylation sites (tertiary alicyclic amines) is 1. The van der Waals surface area contributed by atoms with E-state index in [0.717, 1.165) is 37.3 Å². The van der Waals surface area contributed by atoms with Crippen molar-refractivity contribution in [2.75, 3.05) is 13.1 Å². The zero-order chi connectivity index (χ0) is 16.8. The zero-order valence-electron chi connectivity index (χ0n) is 13.9. The van der Waals surface area contributed by atoms with E-state index < -0.39 is 0 Å². The highest BCUT2D eigenvalue weighted by Crippen LogP contribution is 2.27. The maximum atomic E-state index is 5.48. The summed E-state index contributed by atoms with van der Waals surface area (Å²) in [6, 6.07) is 16.5. The second-order valence-corrected chi connectivity index (χ2v) is 6.39. The number of hydrogen-bond acceptors (Lipinski definition) is 3. The van der Waals surface area contributed by atoms with E-state index in [4.69, 9.17) is 12.2 Å². The molecule has 0 atom stereocenters. The molecule has 3 rings (SSSR count). The number of rotatable bonds is 3. The van der Waals surface area contributed by atoms with Gasteiger partial charge in [-0.25, -0.2) is 0 Å². The first-order chi connectivity index (χ1) is 11.7. The summed E-state index contributed by atoms with van der Waals surface area (Å²) >= 11 is 5.48. The summed E-state index contributed by atoms with van der Waals surface area (Å²) in [5.74, 6) is 0.629. The van der Waals surface area contributed by atoms with Crippen LogP contribution in [0, 0.1) is 0 Å². The molecule has 0 aliphatic carbocycles. The monoisotopic (exact) mass is 338 g/mol. The Bertz CT molecular complexity index is 692. The Morgan fingerprint density at radius 3 is 2.50 bits per heavy atom. The first-order valence-corrected chi connectivity index (χ1v) is 8.70. The molecule has 0 radical (unpaired) electrons. The number of nitrogens with one attached hydrogen (secondary N) is 1. The number of thiocarbonyl (C=S) groups is 1. The van der Waals surface area contributed by atoms with Gasteiger partial charge in [-0.3, -0.25) is 10.4 Å². The number of hydrazone groups is 1. The lowest BCUT2D eigenvalue weighted by Crippen LogP contribution is -2.42. The third-order valence-corrected chi connectivity index (χ3v) is 4.76. The van der Waals surface area contributed by atoms with E-state index in [0.29, 0.717) is 11.0 Å². The average molecular weight is 338 g/mol. The van der Waals surface area contributed by atoms with Crippen LogP contribution in [-0.4, -0.2) is 33.8 Å².